The van der Waals surface area contributed by atoms with Gasteiger partial charge in [-0.25, -0.2) is 0 Å². The van der Waals surface area contributed by atoms with Gasteiger partial charge >= 0.3 is 0 Å². The van der Waals surface area contributed by atoms with Crippen molar-refractivity contribution >= 4 is 11.8 Å². The van der Waals surface area contributed by atoms with Crippen LogP contribution in [0.1, 0.15) is 44.9 Å². The summed E-state index contributed by atoms with van der Waals surface area (Å²) in [4.78, 5) is 26.8. The number of nitrogens with zero attached hydrogens (tertiary/aromatic N) is 3. The third kappa shape index (κ3) is 3.71. The Morgan fingerprint density at radius 2 is 2.16 bits per heavy atom. The summed E-state index contributed by atoms with van der Waals surface area (Å²) in [5.41, 5.74) is 2.19. The van der Waals surface area contributed by atoms with E-state index in [1.54, 1.807) is 4.90 Å². The average Bonchev–Trinajstić information content (AvgIpc) is 3.14. The van der Waals surface area contributed by atoms with Crippen molar-refractivity contribution in [3.05, 3.63) is 17.5 Å². The predicted molar refractivity (Wildman–Crippen MR) is 94.8 cm³/mol. The van der Waals surface area contributed by atoms with Gasteiger partial charge in [0.15, 0.2) is 0 Å². The van der Waals surface area contributed by atoms with Crippen LogP contribution in [0, 0.1) is 12.8 Å². The van der Waals surface area contributed by atoms with E-state index in [2.05, 4.69) is 42.7 Å². The lowest BCUT2D eigenvalue weighted by atomic mass is 9.99. The first kappa shape index (κ1) is 17.9. The molecule has 0 spiro atoms. The molecule has 2 fully saturated rings. The highest BCUT2D eigenvalue weighted by atomic mass is 16.2. The fourth-order valence-electron chi connectivity index (χ4n) is 3.79. The average molecular weight is 347 g/mol. The summed E-state index contributed by atoms with van der Waals surface area (Å²) in [6, 6.07) is -0.553. The minimum atomic E-state index is -0.368. The van der Waals surface area contributed by atoms with Crippen LogP contribution in [0.15, 0.2) is 6.20 Å². The van der Waals surface area contributed by atoms with Gasteiger partial charge in [-0.1, -0.05) is 13.8 Å². The summed E-state index contributed by atoms with van der Waals surface area (Å²) in [6.45, 7) is 10.4. The van der Waals surface area contributed by atoms with Crippen molar-refractivity contribution < 1.29 is 9.59 Å². The van der Waals surface area contributed by atoms with Crippen LogP contribution in [0.25, 0.3) is 0 Å². The molecule has 138 valence electrons. The smallest absolute Gasteiger partial charge is 0.245 e. The lowest BCUT2D eigenvalue weighted by Gasteiger charge is -2.35. The van der Waals surface area contributed by atoms with E-state index in [9.17, 15) is 9.59 Å². The molecule has 3 rings (SSSR count). The molecule has 0 unspecified atom stereocenters. The third-order valence-corrected chi connectivity index (χ3v) is 5.16. The van der Waals surface area contributed by atoms with Gasteiger partial charge in [-0.15, -0.1) is 0 Å². The Morgan fingerprint density at radius 3 is 2.80 bits per heavy atom. The topological polar surface area (TPSA) is 79.3 Å². The van der Waals surface area contributed by atoms with E-state index in [1.807, 2.05) is 11.6 Å². The summed E-state index contributed by atoms with van der Waals surface area (Å²) < 4.78 is 1.93. The highest BCUT2D eigenvalue weighted by Gasteiger charge is 2.46. The second-order valence-corrected chi connectivity index (χ2v) is 7.61. The van der Waals surface area contributed by atoms with Crippen LogP contribution in [0.4, 0.5) is 0 Å². The van der Waals surface area contributed by atoms with Gasteiger partial charge in [0.05, 0.1) is 5.69 Å². The third-order valence-electron chi connectivity index (χ3n) is 5.16. The van der Waals surface area contributed by atoms with Gasteiger partial charge < -0.3 is 15.5 Å². The fraction of sp³-hybridized carbons (Fsp3) is 0.722. The van der Waals surface area contributed by atoms with Crippen molar-refractivity contribution in [1.29, 1.82) is 0 Å². The second-order valence-electron chi connectivity index (χ2n) is 7.61. The Morgan fingerprint density at radius 1 is 1.40 bits per heavy atom. The zero-order chi connectivity index (χ0) is 18.1. The summed E-state index contributed by atoms with van der Waals surface area (Å²) in [5, 5.41) is 10.9. The van der Waals surface area contributed by atoms with E-state index in [0.717, 1.165) is 12.2 Å². The van der Waals surface area contributed by atoms with Crippen LogP contribution < -0.4 is 10.6 Å². The van der Waals surface area contributed by atoms with Crippen LogP contribution >= 0.6 is 0 Å². The first-order valence-corrected chi connectivity index (χ1v) is 9.26. The normalized spacial score (nSPS) is 26.3. The van der Waals surface area contributed by atoms with E-state index in [4.69, 9.17) is 0 Å². The number of hydrogen-bond donors (Lipinski definition) is 2. The number of amides is 2. The van der Waals surface area contributed by atoms with Crippen molar-refractivity contribution in [1.82, 2.24) is 25.3 Å². The molecule has 1 aromatic heterocycles. The predicted octanol–water partition coefficient (Wildman–Crippen LogP) is 0.815. The maximum Gasteiger partial charge on any atom is 0.245 e. The molecule has 0 saturated carbocycles. The first-order valence-electron chi connectivity index (χ1n) is 9.26. The molecule has 3 heterocycles. The van der Waals surface area contributed by atoms with Gasteiger partial charge in [-0.05, 0) is 32.6 Å². The molecule has 25 heavy (non-hydrogen) atoms. The Bertz CT molecular complexity index is 654. The van der Waals surface area contributed by atoms with Crippen molar-refractivity contribution in [3.63, 3.8) is 0 Å². The Labute approximate surface area is 149 Å². The van der Waals surface area contributed by atoms with Crippen molar-refractivity contribution in [2.24, 2.45) is 5.92 Å². The summed E-state index contributed by atoms with van der Waals surface area (Å²) in [7, 11) is 0. The Kier molecular flexibility index (Phi) is 5.13. The highest BCUT2D eigenvalue weighted by Crippen LogP contribution is 2.25. The Balaban J connectivity index is 1.61. The van der Waals surface area contributed by atoms with E-state index in [0.29, 0.717) is 31.8 Å². The molecule has 3 atom stereocenters. The summed E-state index contributed by atoms with van der Waals surface area (Å²) in [5.74, 6) is 0.433. The second kappa shape index (κ2) is 7.15. The maximum atomic E-state index is 12.7. The lowest BCUT2D eigenvalue weighted by Crippen LogP contribution is -2.61. The van der Waals surface area contributed by atoms with Gasteiger partial charge in [0.1, 0.15) is 12.1 Å². The molecule has 2 amide bonds. The molecule has 7 nitrogen and oxygen atoms in total. The molecule has 2 N–H and O–H groups in total. The van der Waals surface area contributed by atoms with Crippen LogP contribution in [0.2, 0.25) is 0 Å². The van der Waals surface area contributed by atoms with Gasteiger partial charge in [0, 0.05) is 37.4 Å². The van der Waals surface area contributed by atoms with Crippen molar-refractivity contribution in [3.8, 4) is 0 Å². The van der Waals surface area contributed by atoms with Crippen LogP contribution in [-0.4, -0.2) is 51.2 Å². The molecular formula is C18H29N5O2. The summed E-state index contributed by atoms with van der Waals surface area (Å²) >= 11 is 0. The number of fused-ring (bicyclic) bond motifs is 1. The first-order chi connectivity index (χ1) is 11.9. The molecule has 0 aliphatic carbocycles. The number of nitrogens with one attached hydrogen (secondary N) is 2. The van der Waals surface area contributed by atoms with E-state index < -0.39 is 0 Å². The fourth-order valence-corrected chi connectivity index (χ4v) is 3.79. The number of hydrogen-bond acceptors (Lipinski definition) is 4. The number of piperazine rings is 1. The SMILES string of the molecule is CCn1cc(CN[C@H]2C[C@H]3C(=O)N[C@H](CC(C)C)C(=O)N3C2)c(C)n1. The van der Waals surface area contributed by atoms with Gasteiger partial charge in [0.2, 0.25) is 11.8 Å². The monoisotopic (exact) mass is 347 g/mol. The molecule has 2 aliphatic heterocycles. The molecule has 7 heteroatoms. The molecule has 0 aromatic carbocycles. The van der Waals surface area contributed by atoms with Crippen LogP contribution in [0.3, 0.4) is 0 Å². The lowest BCUT2D eigenvalue weighted by molar-refractivity contribution is -0.147. The zero-order valence-electron chi connectivity index (χ0n) is 15.6. The largest absolute Gasteiger partial charge is 0.342 e. The van der Waals surface area contributed by atoms with Gasteiger partial charge in [-0.3, -0.25) is 14.3 Å². The number of aryl methyl sites for hydroxylation is 2. The van der Waals surface area contributed by atoms with E-state index >= 15 is 0 Å². The van der Waals surface area contributed by atoms with Crippen LogP contribution in [-0.2, 0) is 22.7 Å². The number of rotatable bonds is 6. The molecule has 2 aliphatic rings. The van der Waals surface area contributed by atoms with Gasteiger partial charge in [0.25, 0.3) is 0 Å². The minimum absolute atomic E-state index is 0.00969. The van der Waals surface area contributed by atoms with Crippen molar-refractivity contribution in [2.75, 3.05) is 6.54 Å². The molecule has 0 bridgehead atoms. The number of carbonyl (C=O) groups is 2. The van der Waals surface area contributed by atoms with Gasteiger partial charge in [-0.2, -0.15) is 5.10 Å². The standard InChI is InChI=1S/C18H29N5O2/c1-5-22-9-13(12(4)21-22)8-19-14-7-16-17(24)20-15(6-11(2)3)18(25)23(16)10-14/h9,11,14-16,19H,5-8,10H2,1-4H3,(H,20,24)/t14-,15+,16-/m0/s1. The summed E-state index contributed by atoms with van der Waals surface area (Å²) in [6.07, 6.45) is 3.43. The van der Waals surface area contributed by atoms with E-state index in [-0.39, 0.29) is 29.9 Å². The quantitative estimate of drug-likeness (QED) is 0.798. The molecule has 0 radical (unpaired) electrons. The molecule has 1 aromatic rings. The maximum absolute atomic E-state index is 12.7. The molecular weight excluding hydrogens is 318 g/mol. The highest BCUT2D eigenvalue weighted by molar-refractivity contribution is 5.97. The van der Waals surface area contributed by atoms with Crippen LogP contribution in [0.5, 0.6) is 0 Å². The van der Waals surface area contributed by atoms with Crippen molar-refractivity contribution in [2.45, 2.75) is 71.8 Å². The minimum Gasteiger partial charge on any atom is -0.342 e. The van der Waals surface area contributed by atoms with E-state index in [1.165, 1.54) is 5.56 Å². The number of carbonyl (C=O) groups excluding carboxylic acids is 2. The Hall–Kier alpha value is -1.89. The molecule has 2 saturated heterocycles. The zero-order valence-corrected chi connectivity index (χ0v) is 15.6. The number of aromatic nitrogens is 2.